The van der Waals surface area contributed by atoms with E-state index in [9.17, 15) is 4.39 Å². The summed E-state index contributed by atoms with van der Waals surface area (Å²) in [5, 5.41) is 7.41. The molecule has 0 amide bonds. The van der Waals surface area contributed by atoms with E-state index in [-0.39, 0.29) is 23.1 Å². The Kier molecular flexibility index (Phi) is 4.94. The van der Waals surface area contributed by atoms with Crippen LogP contribution in [0.4, 0.5) is 4.39 Å². The molecular formula is C16H19ClFN3O2. The second kappa shape index (κ2) is 6.95. The van der Waals surface area contributed by atoms with E-state index in [2.05, 4.69) is 15.5 Å². The molecule has 0 radical (unpaired) electrons. The first-order valence-electron chi connectivity index (χ1n) is 7.67. The van der Waals surface area contributed by atoms with Gasteiger partial charge in [0.05, 0.1) is 17.7 Å². The van der Waals surface area contributed by atoms with Gasteiger partial charge in [0.1, 0.15) is 5.82 Å². The molecule has 1 aromatic heterocycles. The molecule has 0 spiro atoms. The molecule has 0 bridgehead atoms. The predicted molar refractivity (Wildman–Crippen MR) is 83.7 cm³/mol. The van der Waals surface area contributed by atoms with Crippen LogP contribution in [-0.2, 0) is 11.3 Å². The summed E-state index contributed by atoms with van der Waals surface area (Å²) in [4.78, 5) is 4.34. The van der Waals surface area contributed by atoms with Gasteiger partial charge in [0.25, 0.3) is 0 Å². The zero-order valence-electron chi connectivity index (χ0n) is 13.1. The molecule has 5 nitrogen and oxygen atoms in total. The van der Waals surface area contributed by atoms with Gasteiger partial charge in [-0.05, 0) is 24.1 Å². The Morgan fingerprint density at radius 1 is 1.43 bits per heavy atom. The van der Waals surface area contributed by atoms with Crippen molar-refractivity contribution in [2.45, 2.75) is 44.9 Å². The summed E-state index contributed by atoms with van der Waals surface area (Å²) in [6.45, 7) is 5.10. The topological polar surface area (TPSA) is 60.2 Å². The van der Waals surface area contributed by atoms with Gasteiger partial charge in [-0.3, -0.25) is 0 Å². The van der Waals surface area contributed by atoms with Crippen LogP contribution in [0, 0.1) is 5.82 Å². The number of ether oxygens (including phenoxy) is 1. The normalized spacial score (nSPS) is 21.3. The second-order valence-electron chi connectivity index (χ2n) is 5.94. The molecule has 23 heavy (non-hydrogen) atoms. The third kappa shape index (κ3) is 3.71. The third-order valence-corrected chi connectivity index (χ3v) is 4.19. The van der Waals surface area contributed by atoms with Crippen molar-refractivity contribution >= 4 is 11.6 Å². The quantitative estimate of drug-likeness (QED) is 0.901. The minimum atomic E-state index is -0.433. The van der Waals surface area contributed by atoms with Crippen LogP contribution in [0.3, 0.4) is 0 Å². The van der Waals surface area contributed by atoms with Gasteiger partial charge in [0.15, 0.2) is 5.82 Å². The Morgan fingerprint density at radius 2 is 2.26 bits per heavy atom. The van der Waals surface area contributed by atoms with Crippen LogP contribution in [0.15, 0.2) is 22.7 Å². The molecule has 1 aliphatic rings. The van der Waals surface area contributed by atoms with Gasteiger partial charge < -0.3 is 14.6 Å². The number of benzene rings is 1. The van der Waals surface area contributed by atoms with E-state index < -0.39 is 5.82 Å². The van der Waals surface area contributed by atoms with E-state index in [4.69, 9.17) is 20.9 Å². The van der Waals surface area contributed by atoms with Crippen molar-refractivity contribution in [3.63, 3.8) is 0 Å². The van der Waals surface area contributed by atoms with Crippen LogP contribution in [0.2, 0.25) is 5.02 Å². The predicted octanol–water partition coefficient (Wildman–Crippen LogP) is 3.61. The van der Waals surface area contributed by atoms with Gasteiger partial charge in [0.2, 0.25) is 5.89 Å². The van der Waals surface area contributed by atoms with Gasteiger partial charge in [-0.25, -0.2) is 4.39 Å². The Bertz CT molecular complexity index is 677. The maximum Gasteiger partial charge on any atom is 0.240 e. The largest absolute Gasteiger partial charge is 0.372 e. The molecule has 1 aliphatic heterocycles. The average Bonchev–Trinajstić information content (AvgIpc) is 3.16. The molecule has 1 saturated heterocycles. The summed E-state index contributed by atoms with van der Waals surface area (Å²) < 4.78 is 24.6. The molecule has 2 heterocycles. The first kappa shape index (κ1) is 16.4. The highest BCUT2D eigenvalue weighted by molar-refractivity contribution is 6.30. The summed E-state index contributed by atoms with van der Waals surface area (Å²) in [6, 6.07) is 4.83. The number of aromatic nitrogens is 2. The van der Waals surface area contributed by atoms with Gasteiger partial charge in [-0.2, -0.15) is 4.98 Å². The van der Waals surface area contributed by atoms with Crippen LogP contribution < -0.4 is 5.32 Å². The minimum Gasteiger partial charge on any atom is -0.372 e. The lowest BCUT2D eigenvalue weighted by Gasteiger charge is -2.19. The fourth-order valence-corrected chi connectivity index (χ4v) is 2.73. The molecular weight excluding hydrogens is 321 g/mol. The number of hydrogen-bond donors (Lipinski definition) is 1. The van der Waals surface area contributed by atoms with Crippen molar-refractivity contribution in [2.75, 3.05) is 6.61 Å². The molecule has 0 saturated carbocycles. The van der Waals surface area contributed by atoms with Crippen molar-refractivity contribution in [3.05, 3.63) is 46.3 Å². The molecule has 124 valence electrons. The molecule has 2 aromatic rings. The van der Waals surface area contributed by atoms with Gasteiger partial charge >= 0.3 is 0 Å². The lowest BCUT2D eigenvalue weighted by atomic mass is 10.0. The lowest BCUT2D eigenvalue weighted by Crippen LogP contribution is -2.31. The molecule has 3 rings (SSSR count). The summed E-state index contributed by atoms with van der Waals surface area (Å²) in [5.41, 5.74) is 0.773. The number of nitrogens with zero attached hydrogens (tertiary/aromatic N) is 2. The van der Waals surface area contributed by atoms with E-state index in [1.165, 1.54) is 6.07 Å². The molecule has 1 aromatic carbocycles. The lowest BCUT2D eigenvalue weighted by molar-refractivity contribution is 0.0976. The summed E-state index contributed by atoms with van der Waals surface area (Å²) in [6.07, 6.45) is 0.620. The fraction of sp³-hybridized carbons (Fsp3) is 0.500. The first-order valence-corrected chi connectivity index (χ1v) is 8.05. The smallest absolute Gasteiger partial charge is 0.240 e. The van der Waals surface area contributed by atoms with Crippen molar-refractivity contribution in [1.29, 1.82) is 0 Å². The molecule has 2 atom stereocenters. The molecule has 1 fully saturated rings. The Balaban J connectivity index is 1.65. The van der Waals surface area contributed by atoms with Crippen molar-refractivity contribution in [1.82, 2.24) is 15.5 Å². The zero-order valence-corrected chi connectivity index (χ0v) is 13.8. The van der Waals surface area contributed by atoms with Crippen molar-refractivity contribution < 1.29 is 13.7 Å². The third-order valence-electron chi connectivity index (χ3n) is 3.88. The Hall–Kier alpha value is -1.50. The maximum atomic E-state index is 13.6. The summed E-state index contributed by atoms with van der Waals surface area (Å²) in [5.74, 6) is 1.03. The van der Waals surface area contributed by atoms with Crippen LogP contribution in [0.1, 0.15) is 49.6 Å². The summed E-state index contributed by atoms with van der Waals surface area (Å²) in [7, 11) is 0. The average molecular weight is 340 g/mol. The standard InChI is InChI=1S/C16H19ClFN3O2/c1-9(2)16-20-14(23-21-16)8-19-13-5-6-22-15(13)10-3-4-11(17)12(18)7-10/h3-4,7,9,13,15,19H,5-6,8H2,1-2H3/t13-,15+/m0/s1. The van der Waals surface area contributed by atoms with Crippen LogP contribution in [0.25, 0.3) is 0 Å². The minimum absolute atomic E-state index is 0.0602. The Morgan fingerprint density at radius 3 is 2.96 bits per heavy atom. The van der Waals surface area contributed by atoms with E-state index in [0.717, 1.165) is 12.0 Å². The number of halogens is 2. The van der Waals surface area contributed by atoms with Gasteiger partial charge in [0, 0.05) is 18.6 Å². The molecule has 0 aliphatic carbocycles. The van der Waals surface area contributed by atoms with Gasteiger partial charge in [-0.1, -0.05) is 36.7 Å². The Labute approximate surface area is 139 Å². The monoisotopic (exact) mass is 339 g/mol. The highest BCUT2D eigenvalue weighted by atomic mass is 35.5. The van der Waals surface area contributed by atoms with Crippen molar-refractivity contribution in [2.24, 2.45) is 0 Å². The van der Waals surface area contributed by atoms with E-state index in [0.29, 0.717) is 24.9 Å². The first-order chi connectivity index (χ1) is 11.0. The summed E-state index contributed by atoms with van der Waals surface area (Å²) >= 11 is 5.73. The number of rotatable bonds is 5. The SMILES string of the molecule is CC(C)c1noc(CN[C@H]2CCO[C@@H]2c2ccc(Cl)c(F)c2)n1. The highest BCUT2D eigenvalue weighted by Crippen LogP contribution is 2.31. The molecule has 0 unspecified atom stereocenters. The van der Waals surface area contributed by atoms with E-state index >= 15 is 0 Å². The van der Waals surface area contributed by atoms with Crippen LogP contribution >= 0.6 is 11.6 Å². The van der Waals surface area contributed by atoms with E-state index in [1.807, 2.05) is 13.8 Å². The second-order valence-corrected chi connectivity index (χ2v) is 6.35. The number of hydrogen-bond acceptors (Lipinski definition) is 5. The van der Waals surface area contributed by atoms with Gasteiger partial charge in [-0.15, -0.1) is 0 Å². The molecule has 1 N–H and O–H groups in total. The molecule has 7 heteroatoms. The van der Waals surface area contributed by atoms with E-state index in [1.54, 1.807) is 12.1 Å². The van der Waals surface area contributed by atoms with Crippen LogP contribution in [0.5, 0.6) is 0 Å². The van der Waals surface area contributed by atoms with Crippen LogP contribution in [-0.4, -0.2) is 22.8 Å². The number of nitrogens with one attached hydrogen (secondary N) is 1. The van der Waals surface area contributed by atoms with Crippen molar-refractivity contribution in [3.8, 4) is 0 Å². The highest BCUT2D eigenvalue weighted by Gasteiger charge is 2.30. The maximum absolute atomic E-state index is 13.6. The fourth-order valence-electron chi connectivity index (χ4n) is 2.61. The zero-order chi connectivity index (χ0) is 16.4.